The molecule has 0 aliphatic heterocycles. The molecule has 0 heterocycles. The Morgan fingerprint density at radius 2 is 2.08 bits per heavy atom. The smallest absolute Gasteiger partial charge is 0.123 e. The van der Waals surface area contributed by atoms with E-state index < -0.39 is 0 Å². The molecule has 2 nitrogen and oxygen atoms in total. The summed E-state index contributed by atoms with van der Waals surface area (Å²) in [6.45, 7) is 0. The largest absolute Gasteiger partial charge is 0.398 e. The maximum atomic E-state index is 12.9. The summed E-state index contributed by atoms with van der Waals surface area (Å²) in [6, 6.07) is 4.29. The van der Waals surface area contributed by atoms with Crippen molar-refractivity contribution in [3.05, 3.63) is 29.6 Å². The van der Waals surface area contributed by atoms with E-state index in [0.717, 1.165) is 18.4 Å². The highest BCUT2D eigenvalue weighted by molar-refractivity contribution is 5.48. The first-order chi connectivity index (χ1) is 6.18. The fourth-order valence-corrected chi connectivity index (χ4v) is 1.54. The molecule has 70 valence electrons. The summed E-state index contributed by atoms with van der Waals surface area (Å²) in [5, 5.41) is 0. The highest BCUT2D eigenvalue weighted by atomic mass is 19.1. The van der Waals surface area contributed by atoms with Crippen LogP contribution in [0.3, 0.4) is 0 Å². The summed E-state index contributed by atoms with van der Waals surface area (Å²) in [6.07, 6.45) is 2.27. The van der Waals surface area contributed by atoms with Gasteiger partial charge in [0.25, 0.3) is 0 Å². The number of rotatable bonds is 2. The van der Waals surface area contributed by atoms with E-state index in [9.17, 15) is 4.39 Å². The van der Waals surface area contributed by atoms with Crippen LogP contribution in [0.25, 0.3) is 0 Å². The second-order valence-corrected chi connectivity index (χ2v) is 3.64. The van der Waals surface area contributed by atoms with Gasteiger partial charge in [-0.1, -0.05) is 0 Å². The SMILES string of the molecule is Nc1ccc(F)cc1C(N)C1CC1. The Bertz CT molecular complexity index is 321. The fourth-order valence-electron chi connectivity index (χ4n) is 1.54. The molecular formula is C10H13FN2. The Kier molecular flexibility index (Phi) is 1.96. The minimum Gasteiger partial charge on any atom is -0.398 e. The van der Waals surface area contributed by atoms with Gasteiger partial charge in [0.05, 0.1) is 0 Å². The third kappa shape index (κ3) is 1.65. The zero-order valence-electron chi connectivity index (χ0n) is 7.33. The van der Waals surface area contributed by atoms with Crippen LogP contribution in [0, 0.1) is 11.7 Å². The Balaban J connectivity index is 2.31. The summed E-state index contributed by atoms with van der Waals surface area (Å²) in [5.74, 6) is 0.240. The predicted molar refractivity (Wildman–Crippen MR) is 50.5 cm³/mol. The number of nitrogens with two attached hydrogens (primary N) is 2. The molecule has 13 heavy (non-hydrogen) atoms. The molecule has 0 saturated heterocycles. The van der Waals surface area contributed by atoms with Crippen LogP contribution in [-0.2, 0) is 0 Å². The van der Waals surface area contributed by atoms with E-state index in [1.54, 1.807) is 6.07 Å². The van der Waals surface area contributed by atoms with Gasteiger partial charge < -0.3 is 11.5 Å². The molecule has 0 aromatic heterocycles. The first-order valence-electron chi connectivity index (χ1n) is 4.49. The summed E-state index contributed by atoms with van der Waals surface area (Å²) < 4.78 is 12.9. The van der Waals surface area contributed by atoms with Crippen molar-refractivity contribution in [3.63, 3.8) is 0 Å². The highest BCUT2D eigenvalue weighted by Crippen LogP contribution is 2.40. The molecular weight excluding hydrogens is 167 g/mol. The molecule has 1 atom stereocenters. The molecule has 3 heteroatoms. The lowest BCUT2D eigenvalue weighted by Crippen LogP contribution is -2.14. The number of benzene rings is 1. The van der Waals surface area contributed by atoms with Crippen LogP contribution in [0.1, 0.15) is 24.4 Å². The zero-order valence-corrected chi connectivity index (χ0v) is 7.33. The van der Waals surface area contributed by atoms with Crippen molar-refractivity contribution in [3.8, 4) is 0 Å². The quantitative estimate of drug-likeness (QED) is 0.682. The Morgan fingerprint density at radius 3 is 2.69 bits per heavy atom. The molecule has 1 fully saturated rings. The summed E-state index contributed by atoms with van der Waals surface area (Å²) in [4.78, 5) is 0. The van der Waals surface area contributed by atoms with Crippen LogP contribution in [0.5, 0.6) is 0 Å². The van der Waals surface area contributed by atoms with Gasteiger partial charge >= 0.3 is 0 Å². The van der Waals surface area contributed by atoms with Crippen LogP contribution in [0.15, 0.2) is 18.2 Å². The number of halogens is 1. The van der Waals surface area contributed by atoms with Gasteiger partial charge in [-0.25, -0.2) is 4.39 Å². The van der Waals surface area contributed by atoms with E-state index in [1.165, 1.54) is 12.1 Å². The molecule has 2 rings (SSSR count). The van der Waals surface area contributed by atoms with Crippen molar-refractivity contribution < 1.29 is 4.39 Å². The van der Waals surface area contributed by atoms with Crippen LogP contribution in [-0.4, -0.2) is 0 Å². The van der Waals surface area contributed by atoms with Crippen LogP contribution < -0.4 is 11.5 Å². The van der Waals surface area contributed by atoms with E-state index in [2.05, 4.69) is 0 Å². The summed E-state index contributed by atoms with van der Waals surface area (Å²) in [5.41, 5.74) is 13.0. The van der Waals surface area contributed by atoms with Crippen molar-refractivity contribution in [2.75, 3.05) is 5.73 Å². The maximum absolute atomic E-state index is 12.9. The number of nitrogen functional groups attached to an aromatic ring is 1. The van der Waals surface area contributed by atoms with Gasteiger partial charge in [-0.3, -0.25) is 0 Å². The second-order valence-electron chi connectivity index (χ2n) is 3.64. The van der Waals surface area contributed by atoms with Gasteiger partial charge in [-0.15, -0.1) is 0 Å². The van der Waals surface area contributed by atoms with E-state index in [-0.39, 0.29) is 11.9 Å². The van der Waals surface area contributed by atoms with Gasteiger partial charge in [-0.2, -0.15) is 0 Å². The zero-order chi connectivity index (χ0) is 9.42. The van der Waals surface area contributed by atoms with E-state index >= 15 is 0 Å². The molecule has 1 aromatic carbocycles. The molecule has 1 unspecified atom stereocenters. The van der Waals surface area contributed by atoms with Crippen molar-refractivity contribution in [2.45, 2.75) is 18.9 Å². The van der Waals surface area contributed by atoms with E-state index in [1.807, 2.05) is 0 Å². The predicted octanol–water partition coefficient (Wildman–Crippen LogP) is 1.82. The standard InChI is InChI=1S/C10H13FN2/c11-7-3-4-9(12)8(5-7)10(13)6-1-2-6/h3-6,10H,1-2,12-13H2. The van der Waals surface area contributed by atoms with Gasteiger partial charge in [0.15, 0.2) is 0 Å². The molecule has 1 saturated carbocycles. The van der Waals surface area contributed by atoms with Crippen molar-refractivity contribution >= 4 is 5.69 Å². The number of hydrogen-bond acceptors (Lipinski definition) is 2. The minimum absolute atomic E-state index is 0.0873. The average Bonchev–Trinajstić information content (AvgIpc) is 2.91. The molecule has 0 amide bonds. The van der Waals surface area contributed by atoms with E-state index in [0.29, 0.717) is 11.6 Å². The van der Waals surface area contributed by atoms with Crippen molar-refractivity contribution in [2.24, 2.45) is 11.7 Å². The average molecular weight is 180 g/mol. The number of anilines is 1. The lowest BCUT2D eigenvalue weighted by Gasteiger charge is -2.13. The van der Waals surface area contributed by atoms with Crippen molar-refractivity contribution in [1.29, 1.82) is 0 Å². The van der Waals surface area contributed by atoms with Gasteiger partial charge in [-0.05, 0) is 42.5 Å². The molecule has 1 aliphatic rings. The van der Waals surface area contributed by atoms with Crippen molar-refractivity contribution in [1.82, 2.24) is 0 Å². The van der Waals surface area contributed by atoms with Crippen LogP contribution >= 0.6 is 0 Å². The Hall–Kier alpha value is -1.09. The molecule has 0 spiro atoms. The molecule has 1 aliphatic carbocycles. The molecule has 4 N–H and O–H groups in total. The molecule has 0 radical (unpaired) electrons. The highest BCUT2D eigenvalue weighted by Gasteiger charge is 2.30. The normalized spacial score (nSPS) is 18.6. The minimum atomic E-state index is -0.264. The first kappa shape index (κ1) is 8.51. The van der Waals surface area contributed by atoms with Gasteiger partial charge in [0, 0.05) is 11.7 Å². The van der Waals surface area contributed by atoms with Gasteiger partial charge in [0.1, 0.15) is 5.82 Å². The first-order valence-corrected chi connectivity index (χ1v) is 4.49. The Morgan fingerprint density at radius 1 is 1.38 bits per heavy atom. The topological polar surface area (TPSA) is 52.0 Å². The maximum Gasteiger partial charge on any atom is 0.123 e. The third-order valence-corrected chi connectivity index (χ3v) is 2.54. The second kappa shape index (κ2) is 3.00. The summed E-state index contributed by atoms with van der Waals surface area (Å²) >= 11 is 0. The lowest BCUT2D eigenvalue weighted by molar-refractivity contribution is 0.603. The molecule has 0 bridgehead atoms. The Labute approximate surface area is 76.7 Å². The lowest BCUT2D eigenvalue weighted by atomic mass is 10.0. The molecule has 1 aromatic rings. The third-order valence-electron chi connectivity index (χ3n) is 2.54. The van der Waals surface area contributed by atoms with Crippen LogP contribution in [0.4, 0.5) is 10.1 Å². The van der Waals surface area contributed by atoms with Gasteiger partial charge in [0.2, 0.25) is 0 Å². The monoisotopic (exact) mass is 180 g/mol. The summed E-state index contributed by atoms with van der Waals surface area (Å²) in [7, 11) is 0. The number of hydrogen-bond donors (Lipinski definition) is 2. The fraction of sp³-hybridized carbons (Fsp3) is 0.400. The van der Waals surface area contributed by atoms with Crippen LogP contribution in [0.2, 0.25) is 0 Å². The van der Waals surface area contributed by atoms with E-state index in [4.69, 9.17) is 11.5 Å².